The SMILES string of the molecule is COCCNCCNC(=O)c1ccc(CS(=O)(=O)c2ccc(C)cc2)cc1. The maximum Gasteiger partial charge on any atom is 0.251 e. The van der Waals surface area contributed by atoms with E-state index in [0.717, 1.165) is 12.1 Å². The highest BCUT2D eigenvalue weighted by Gasteiger charge is 2.15. The number of carbonyl (C=O) groups is 1. The molecule has 2 rings (SSSR count). The molecule has 0 spiro atoms. The van der Waals surface area contributed by atoms with E-state index in [2.05, 4.69) is 10.6 Å². The lowest BCUT2D eigenvalue weighted by Gasteiger charge is -2.08. The molecule has 0 radical (unpaired) electrons. The summed E-state index contributed by atoms with van der Waals surface area (Å²) in [5, 5.41) is 5.95. The van der Waals surface area contributed by atoms with Crippen molar-refractivity contribution in [3.05, 3.63) is 65.2 Å². The summed E-state index contributed by atoms with van der Waals surface area (Å²) in [5.41, 5.74) is 2.16. The average Bonchev–Trinajstić information content (AvgIpc) is 2.65. The number of ether oxygens (including phenoxy) is 1. The monoisotopic (exact) mass is 390 g/mol. The van der Waals surface area contributed by atoms with Gasteiger partial charge in [0.2, 0.25) is 0 Å². The molecule has 0 aliphatic heterocycles. The van der Waals surface area contributed by atoms with Crippen molar-refractivity contribution >= 4 is 15.7 Å². The molecule has 0 aliphatic rings. The second kappa shape index (κ2) is 10.2. The molecule has 0 saturated heterocycles. The van der Waals surface area contributed by atoms with Gasteiger partial charge in [0.1, 0.15) is 0 Å². The van der Waals surface area contributed by atoms with Gasteiger partial charge in [-0.15, -0.1) is 0 Å². The number of rotatable bonds is 10. The van der Waals surface area contributed by atoms with Crippen LogP contribution in [0.1, 0.15) is 21.5 Å². The number of benzene rings is 2. The summed E-state index contributed by atoms with van der Waals surface area (Å²) < 4.78 is 29.9. The number of carbonyl (C=O) groups excluding carboxylic acids is 1. The first kappa shape index (κ1) is 21.1. The molecule has 6 nitrogen and oxygen atoms in total. The van der Waals surface area contributed by atoms with Crippen LogP contribution in [0.5, 0.6) is 0 Å². The lowest BCUT2D eigenvalue weighted by atomic mass is 10.1. The third kappa shape index (κ3) is 6.78. The molecular weight excluding hydrogens is 364 g/mol. The summed E-state index contributed by atoms with van der Waals surface area (Å²) >= 11 is 0. The first-order valence-corrected chi connectivity index (χ1v) is 10.4. The first-order valence-electron chi connectivity index (χ1n) is 8.78. The van der Waals surface area contributed by atoms with E-state index in [1.54, 1.807) is 55.6 Å². The van der Waals surface area contributed by atoms with E-state index in [1.807, 2.05) is 6.92 Å². The highest BCUT2D eigenvalue weighted by molar-refractivity contribution is 7.90. The maximum absolute atomic E-state index is 12.5. The lowest BCUT2D eigenvalue weighted by molar-refractivity contribution is 0.0953. The summed E-state index contributed by atoms with van der Waals surface area (Å²) in [6.07, 6.45) is 0. The quantitative estimate of drug-likeness (QED) is 0.606. The molecule has 0 aromatic heterocycles. The fourth-order valence-corrected chi connectivity index (χ4v) is 3.82. The molecule has 0 unspecified atom stereocenters. The zero-order valence-electron chi connectivity index (χ0n) is 15.7. The molecule has 0 atom stereocenters. The molecular formula is C20H26N2O4S. The second-order valence-corrected chi connectivity index (χ2v) is 8.26. The molecule has 0 saturated carbocycles. The van der Waals surface area contributed by atoms with Gasteiger partial charge in [-0.05, 0) is 36.8 Å². The van der Waals surface area contributed by atoms with Crippen LogP contribution in [0, 0.1) is 6.92 Å². The Bertz CT molecular complexity index is 831. The molecule has 0 aliphatic carbocycles. The predicted molar refractivity (Wildman–Crippen MR) is 106 cm³/mol. The van der Waals surface area contributed by atoms with Gasteiger partial charge >= 0.3 is 0 Å². The molecule has 2 N–H and O–H groups in total. The Balaban J connectivity index is 1.89. The molecule has 0 heterocycles. The van der Waals surface area contributed by atoms with Crippen LogP contribution < -0.4 is 10.6 Å². The van der Waals surface area contributed by atoms with Crippen molar-refractivity contribution in [2.24, 2.45) is 0 Å². The topological polar surface area (TPSA) is 84.5 Å². The van der Waals surface area contributed by atoms with Crippen molar-refractivity contribution < 1.29 is 17.9 Å². The van der Waals surface area contributed by atoms with E-state index >= 15 is 0 Å². The lowest BCUT2D eigenvalue weighted by Crippen LogP contribution is -2.33. The van der Waals surface area contributed by atoms with Crippen LogP contribution in [-0.4, -0.2) is 47.7 Å². The summed E-state index contributed by atoms with van der Waals surface area (Å²) in [6.45, 7) is 4.43. The Morgan fingerprint density at radius 3 is 2.26 bits per heavy atom. The molecule has 27 heavy (non-hydrogen) atoms. The van der Waals surface area contributed by atoms with Gasteiger partial charge in [-0.2, -0.15) is 0 Å². The van der Waals surface area contributed by atoms with Crippen LogP contribution in [-0.2, 0) is 20.3 Å². The predicted octanol–water partition coefficient (Wildman–Crippen LogP) is 1.93. The number of nitrogens with one attached hydrogen (secondary N) is 2. The van der Waals surface area contributed by atoms with Gasteiger partial charge in [0.15, 0.2) is 9.84 Å². The summed E-state index contributed by atoms with van der Waals surface area (Å²) in [5.74, 6) is -0.280. The van der Waals surface area contributed by atoms with Gasteiger partial charge in [-0.25, -0.2) is 8.42 Å². The zero-order chi connectivity index (χ0) is 19.7. The molecule has 7 heteroatoms. The smallest absolute Gasteiger partial charge is 0.251 e. The number of methoxy groups -OCH3 is 1. The molecule has 1 amide bonds. The normalized spacial score (nSPS) is 11.3. The van der Waals surface area contributed by atoms with Crippen LogP contribution in [0.4, 0.5) is 0 Å². The largest absolute Gasteiger partial charge is 0.383 e. The molecule has 0 bridgehead atoms. The third-order valence-electron chi connectivity index (χ3n) is 4.02. The fourth-order valence-electron chi connectivity index (χ4n) is 2.47. The number of hydrogen-bond acceptors (Lipinski definition) is 5. The van der Waals surface area contributed by atoms with Crippen molar-refractivity contribution in [2.45, 2.75) is 17.6 Å². The molecule has 2 aromatic carbocycles. The van der Waals surface area contributed by atoms with Gasteiger partial charge < -0.3 is 15.4 Å². The molecule has 2 aromatic rings. The van der Waals surface area contributed by atoms with E-state index in [0.29, 0.717) is 35.7 Å². The Hall–Kier alpha value is -2.22. The van der Waals surface area contributed by atoms with Crippen molar-refractivity contribution in [1.29, 1.82) is 0 Å². The first-order chi connectivity index (χ1) is 12.9. The van der Waals surface area contributed by atoms with Gasteiger partial charge in [-0.3, -0.25) is 4.79 Å². The van der Waals surface area contributed by atoms with Crippen molar-refractivity contribution in [3.8, 4) is 0 Å². The van der Waals surface area contributed by atoms with E-state index < -0.39 is 9.84 Å². The third-order valence-corrected chi connectivity index (χ3v) is 5.73. The number of sulfone groups is 1. The Labute approximate surface area is 160 Å². The van der Waals surface area contributed by atoms with E-state index in [4.69, 9.17) is 4.74 Å². The number of hydrogen-bond donors (Lipinski definition) is 2. The van der Waals surface area contributed by atoms with Crippen molar-refractivity contribution in [3.63, 3.8) is 0 Å². The van der Waals surface area contributed by atoms with Crippen molar-refractivity contribution in [2.75, 3.05) is 33.4 Å². The standard InChI is InChI=1S/C20H26N2O4S/c1-16-3-9-19(10-4-16)27(24,25)15-17-5-7-18(8-6-17)20(23)22-12-11-21-13-14-26-2/h3-10,21H,11-15H2,1-2H3,(H,22,23). The Kier molecular flexibility index (Phi) is 7.97. The Morgan fingerprint density at radius 1 is 0.963 bits per heavy atom. The summed E-state index contributed by atoms with van der Waals surface area (Å²) in [6, 6.07) is 13.4. The zero-order valence-corrected chi connectivity index (χ0v) is 16.5. The molecule has 146 valence electrons. The highest BCUT2D eigenvalue weighted by atomic mass is 32.2. The van der Waals surface area contributed by atoms with Gasteiger partial charge in [-0.1, -0.05) is 29.8 Å². The van der Waals surface area contributed by atoms with Crippen molar-refractivity contribution in [1.82, 2.24) is 10.6 Å². The van der Waals surface area contributed by atoms with Gasteiger partial charge in [0.05, 0.1) is 17.3 Å². The maximum atomic E-state index is 12.5. The van der Waals surface area contributed by atoms with E-state index in [9.17, 15) is 13.2 Å². The Morgan fingerprint density at radius 2 is 1.63 bits per heavy atom. The minimum atomic E-state index is -3.41. The van der Waals surface area contributed by atoms with Gasteiger partial charge in [0, 0.05) is 32.3 Å². The van der Waals surface area contributed by atoms with Crippen LogP contribution in [0.3, 0.4) is 0 Å². The fraction of sp³-hybridized carbons (Fsp3) is 0.350. The van der Waals surface area contributed by atoms with E-state index in [-0.39, 0.29) is 11.7 Å². The van der Waals surface area contributed by atoms with Crippen LogP contribution in [0.2, 0.25) is 0 Å². The minimum Gasteiger partial charge on any atom is -0.383 e. The number of aryl methyl sites for hydroxylation is 1. The van der Waals surface area contributed by atoms with Gasteiger partial charge in [0.25, 0.3) is 5.91 Å². The number of amides is 1. The average molecular weight is 391 g/mol. The highest BCUT2D eigenvalue weighted by Crippen LogP contribution is 2.17. The second-order valence-electron chi connectivity index (χ2n) is 6.27. The van der Waals surface area contributed by atoms with Crippen LogP contribution in [0.15, 0.2) is 53.4 Å². The van der Waals surface area contributed by atoms with E-state index in [1.165, 1.54) is 0 Å². The minimum absolute atomic E-state index is 0.0959. The summed E-state index contributed by atoms with van der Waals surface area (Å²) in [7, 11) is -1.77. The van der Waals surface area contributed by atoms with Crippen LogP contribution in [0.25, 0.3) is 0 Å². The molecule has 0 fully saturated rings. The van der Waals surface area contributed by atoms with Crippen LogP contribution >= 0.6 is 0 Å². The summed E-state index contributed by atoms with van der Waals surface area (Å²) in [4.78, 5) is 12.4.